The summed E-state index contributed by atoms with van der Waals surface area (Å²) >= 11 is 0. The Hall–Kier alpha value is -2.01. The van der Waals surface area contributed by atoms with Gasteiger partial charge in [-0.25, -0.2) is 4.79 Å². The van der Waals surface area contributed by atoms with Crippen molar-refractivity contribution in [1.29, 1.82) is 0 Å². The third-order valence-electron chi connectivity index (χ3n) is 4.38. The van der Waals surface area contributed by atoms with Crippen molar-refractivity contribution in [1.82, 2.24) is 15.2 Å². The molecule has 0 unspecified atom stereocenters. The van der Waals surface area contributed by atoms with Crippen molar-refractivity contribution in [3.63, 3.8) is 0 Å². The highest BCUT2D eigenvalue weighted by molar-refractivity contribution is 5.87. The number of carbonyl (C=O) groups excluding carboxylic acids is 1. The zero-order valence-electron chi connectivity index (χ0n) is 14.5. The van der Waals surface area contributed by atoms with Crippen LogP contribution >= 0.6 is 0 Å². The Labute approximate surface area is 137 Å². The maximum Gasteiger partial charge on any atom is 0.407 e. The Bertz CT molecular complexity index is 769. The van der Waals surface area contributed by atoms with Gasteiger partial charge in [0, 0.05) is 43.3 Å². The van der Waals surface area contributed by atoms with Crippen LogP contribution in [0.25, 0.3) is 10.9 Å². The van der Waals surface area contributed by atoms with E-state index in [9.17, 15) is 4.79 Å². The van der Waals surface area contributed by atoms with Crippen LogP contribution in [0.3, 0.4) is 0 Å². The number of ether oxygens (including phenoxy) is 1. The lowest BCUT2D eigenvalue weighted by Gasteiger charge is -2.19. The number of nitrogens with one attached hydrogen (secondary N) is 2. The van der Waals surface area contributed by atoms with Gasteiger partial charge in [-0.3, -0.25) is 0 Å². The fourth-order valence-corrected chi connectivity index (χ4v) is 3.13. The SMILES string of the molecule is Cc1c(CNC(=O)OC(C)(C)C)c2cc3c(cc2n1C)CNC3. The summed E-state index contributed by atoms with van der Waals surface area (Å²) in [5.74, 6) is 0. The molecule has 124 valence electrons. The molecule has 1 aromatic carbocycles. The molecular formula is C18H25N3O2. The molecule has 0 fully saturated rings. The van der Waals surface area contributed by atoms with Crippen LogP contribution in [0.1, 0.15) is 43.2 Å². The fourth-order valence-electron chi connectivity index (χ4n) is 3.13. The quantitative estimate of drug-likeness (QED) is 0.895. The van der Waals surface area contributed by atoms with Crippen molar-refractivity contribution in [2.24, 2.45) is 7.05 Å². The molecule has 0 saturated heterocycles. The van der Waals surface area contributed by atoms with Crippen LogP contribution in [0, 0.1) is 6.92 Å². The lowest BCUT2D eigenvalue weighted by atomic mass is 10.0. The zero-order valence-corrected chi connectivity index (χ0v) is 14.5. The number of aromatic nitrogens is 1. The van der Waals surface area contributed by atoms with Gasteiger partial charge in [0.2, 0.25) is 0 Å². The van der Waals surface area contributed by atoms with E-state index in [-0.39, 0.29) is 6.09 Å². The second-order valence-electron chi connectivity index (χ2n) is 7.22. The molecular weight excluding hydrogens is 290 g/mol. The summed E-state index contributed by atoms with van der Waals surface area (Å²) in [5.41, 5.74) is 5.78. The second kappa shape index (κ2) is 5.57. The average Bonchev–Trinajstić information content (AvgIpc) is 2.98. The van der Waals surface area contributed by atoms with Crippen LogP contribution in [-0.4, -0.2) is 16.3 Å². The van der Waals surface area contributed by atoms with Crippen molar-refractivity contribution in [2.75, 3.05) is 0 Å². The van der Waals surface area contributed by atoms with E-state index in [2.05, 4.69) is 41.3 Å². The molecule has 23 heavy (non-hydrogen) atoms. The highest BCUT2D eigenvalue weighted by Crippen LogP contribution is 2.30. The molecule has 1 aromatic heterocycles. The Balaban J connectivity index is 1.89. The van der Waals surface area contributed by atoms with E-state index in [0.29, 0.717) is 6.54 Å². The van der Waals surface area contributed by atoms with Gasteiger partial charge in [-0.2, -0.15) is 0 Å². The minimum atomic E-state index is -0.482. The van der Waals surface area contributed by atoms with Crippen LogP contribution in [0.15, 0.2) is 12.1 Å². The molecule has 2 heterocycles. The maximum absolute atomic E-state index is 11.9. The van der Waals surface area contributed by atoms with Crippen molar-refractivity contribution < 1.29 is 9.53 Å². The Morgan fingerprint density at radius 1 is 1.30 bits per heavy atom. The normalized spacial score (nSPS) is 14.1. The molecule has 5 nitrogen and oxygen atoms in total. The molecule has 0 spiro atoms. The summed E-state index contributed by atoms with van der Waals surface area (Å²) in [6, 6.07) is 4.51. The monoisotopic (exact) mass is 315 g/mol. The predicted octanol–water partition coefficient (Wildman–Crippen LogP) is 3.11. The van der Waals surface area contributed by atoms with Gasteiger partial charge in [-0.1, -0.05) is 0 Å². The molecule has 0 aliphatic carbocycles. The van der Waals surface area contributed by atoms with Gasteiger partial charge < -0.3 is 19.9 Å². The highest BCUT2D eigenvalue weighted by atomic mass is 16.6. The first-order valence-electron chi connectivity index (χ1n) is 8.03. The van der Waals surface area contributed by atoms with Crippen LogP contribution < -0.4 is 10.6 Å². The summed E-state index contributed by atoms with van der Waals surface area (Å²) in [6.45, 7) is 10.0. The van der Waals surface area contributed by atoms with Gasteiger partial charge >= 0.3 is 6.09 Å². The van der Waals surface area contributed by atoms with E-state index in [0.717, 1.165) is 18.7 Å². The number of amides is 1. The van der Waals surface area contributed by atoms with Gasteiger partial charge in [0.1, 0.15) is 5.60 Å². The molecule has 2 N–H and O–H groups in total. The van der Waals surface area contributed by atoms with E-state index in [1.54, 1.807) is 0 Å². The number of rotatable bonds is 2. The van der Waals surface area contributed by atoms with Gasteiger partial charge in [-0.05, 0) is 56.5 Å². The lowest BCUT2D eigenvalue weighted by Crippen LogP contribution is -2.32. The van der Waals surface area contributed by atoms with E-state index in [4.69, 9.17) is 4.74 Å². The minimum absolute atomic E-state index is 0.378. The third kappa shape index (κ3) is 3.06. The van der Waals surface area contributed by atoms with Crippen LogP contribution in [0.5, 0.6) is 0 Å². The predicted molar refractivity (Wildman–Crippen MR) is 91.3 cm³/mol. The van der Waals surface area contributed by atoms with Crippen molar-refractivity contribution in [2.45, 2.75) is 52.9 Å². The largest absolute Gasteiger partial charge is 0.444 e. The van der Waals surface area contributed by atoms with Crippen LogP contribution in [0.2, 0.25) is 0 Å². The maximum atomic E-state index is 11.9. The topological polar surface area (TPSA) is 55.3 Å². The minimum Gasteiger partial charge on any atom is -0.444 e. The standard InChI is InChI=1S/C18H25N3O2/c1-11-15(10-20-17(22)23-18(2,3)4)14-6-12-8-19-9-13(12)7-16(14)21(11)5/h6-7,19H,8-10H2,1-5H3,(H,20,22). The van der Waals surface area contributed by atoms with Crippen molar-refractivity contribution in [3.8, 4) is 0 Å². The number of alkyl carbamates (subject to hydrolysis) is 1. The van der Waals surface area contributed by atoms with Gasteiger partial charge in [0.15, 0.2) is 0 Å². The number of carbonyl (C=O) groups is 1. The van der Waals surface area contributed by atoms with E-state index < -0.39 is 5.60 Å². The summed E-state index contributed by atoms with van der Waals surface area (Å²) in [7, 11) is 2.07. The number of hydrogen-bond donors (Lipinski definition) is 2. The average molecular weight is 315 g/mol. The highest BCUT2D eigenvalue weighted by Gasteiger charge is 2.19. The number of nitrogens with zero attached hydrogens (tertiary/aromatic N) is 1. The molecule has 5 heteroatoms. The summed E-state index contributed by atoms with van der Waals surface area (Å²) in [6.07, 6.45) is -0.378. The fraction of sp³-hybridized carbons (Fsp3) is 0.500. The van der Waals surface area contributed by atoms with Gasteiger partial charge in [-0.15, -0.1) is 0 Å². The number of fused-ring (bicyclic) bond motifs is 2. The van der Waals surface area contributed by atoms with Crippen LogP contribution in [0.4, 0.5) is 4.79 Å². The smallest absolute Gasteiger partial charge is 0.407 e. The van der Waals surface area contributed by atoms with Gasteiger partial charge in [0.25, 0.3) is 0 Å². The van der Waals surface area contributed by atoms with E-state index in [1.807, 2.05) is 20.8 Å². The van der Waals surface area contributed by atoms with Crippen LogP contribution in [-0.2, 0) is 31.4 Å². The number of aryl methyl sites for hydroxylation is 1. The zero-order chi connectivity index (χ0) is 16.8. The Morgan fingerprint density at radius 2 is 1.96 bits per heavy atom. The summed E-state index contributed by atoms with van der Waals surface area (Å²) in [5, 5.41) is 7.47. The molecule has 1 aliphatic heterocycles. The molecule has 1 amide bonds. The number of benzene rings is 1. The number of hydrogen-bond acceptors (Lipinski definition) is 3. The molecule has 0 bridgehead atoms. The Morgan fingerprint density at radius 3 is 2.61 bits per heavy atom. The molecule has 0 radical (unpaired) electrons. The first-order valence-corrected chi connectivity index (χ1v) is 8.03. The second-order valence-corrected chi connectivity index (χ2v) is 7.22. The van der Waals surface area contributed by atoms with Crippen molar-refractivity contribution in [3.05, 3.63) is 34.5 Å². The van der Waals surface area contributed by atoms with Crippen molar-refractivity contribution >= 4 is 17.0 Å². The molecule has 0 saturated carbocycles. The van der Waals surface area contributed by atoms with Gasteiger partial charge in [0.05, 0.1) is 0 Å². The third-order valence-corrected chi connectivity index (χ3v) is 4.38. The lowest BCUT2D eigenvalue weighted by molar-refractivity contribution is 0.0523. The first kappa shape index (κ1) is 15.9. The molecule has 2 aromatic rings. The molecule has 0 atom stereocenters. The summed E-state index contributed by atoms with van der Waals surface area (Å²) in [4.78, 5) is 11.9. The molecule has 1 aliphatic rings. The Kier molecular flexibility index (Phi) is 3.84. The summed E-state index contributed by atoms with van der Waals surface area (Å²) < 4.78 is 7.52. The van der Waals surface area contributed by atoms with E-state index >= 15 is 0 Å². The van der Waals surface area contributed by atoms with E-state index in [1.165, 1.54) is 27.7 Å². The first-order chi connectivity index (χ1) is 10.8. The molecule has 3 rings (SSSR count).